The third-order valence-corrected chi connectivity index (χ3v) is 4.32. The predicted octanol–water partition coefficient (Wildman–Crippen LogP) is 3.37. The van der Waals surface area contributed by atoms with Crippen LogP contribution in [0.25, 0.3) is 0 Å². The van der Waals surface area contributed by atoms with Crippen LogP contribution >= 0.6 is 24.0 Å². The molecule has 0 aliphatic carbocycles. The van der Waals surface area contributed by atoms with Gasteiger partial charge in [0.15, 0.2) is 0 Å². The summed E-state index contributed by atoms with van der Waals surface area (Å²) in [6.45, 7) is 3.16. The summed E-state index contributed by atoms with van der Waals surface area (Å²) in [7, 11) is 0. The average Bonchev–Trinajstić information content (AvgIpc) is 2.56. The number of benzene rings is 2. The Morgan fingerprint density at radius 2 is 1.58 bits per heavy atom. The number of carboxylic acid groups (broad SMARTS) is 1. The topological polar surface area (TPSA) is 69.8 Å². The Labute approximate surface area is 152 Å². The first-order valence-electron chi connectivity index (χ1n) is 7.43. The van der Waals surface area contributed by atoms with Crippen molar-refractivity contribution in [2.45, 2.75) is 0 Å². The first-order chi connectivity index (χ1) is 11.0. The van der Waals surface area contributed by atoms with Crippen LogP contribution in [0.2, 0.25) is 5.02 Å². The van der Waals surface area contributed by atoms with Crippen LogP contribution in [0.4, 0.5) is 17.1 Å². The van der Waals surface area contributed by atoms with E-state index in [1.165, 1.54) is 6.07 Å². The number of halogens is 2. The Morgan fingerprint density at radius 3 is 2.17 bits per heavy atom. The molecule has 1 heterocycles. The Hall–Kier alpha value is -2.11. The standard InChI is InChI=1S/C17H18ClN3O2.ClH/c18-12-1-4-14(5-2-12)20-7-9-21(10-8-20)16-6-3-13(19)11-15(16)17(22)23;/h1-6,11H,7-10,19H2,(H,22,23);1H. The van der Waals surface area contributed by atoms with Gasteiger partial charge in [0.25, 0.3) is 0 Å². The van der Waals surface area contributed by atoms with E-state index in [0.717, 1.165) is 42.6 Å². The van der Waals surface area contributed by atoms with Crippen LogP contribution in [0, 0.1) is 0 Å². The number of carbonyl (C=O) groups is 1. The zero-order valence-electron chi connectivity index (χ0n) is 13.0. The Kier molecular flexibility index (Phi) is 5.80. The lowest BCUT2D eigenvalue weighted by Crippen LogP contribution is -2.47. The maximum atomic E-state index is 11.4. The number of rotatable bonds is 3. The van der Waals surface area contributed by atoms with Gasteiger partial charge in [0.1, 0.15) is 0 Å². The molecular formula is C17H19Cl2N3O2. The van der Waals surface area contributed by atoms with Crippen molar-refractivity contribution in [1.82, 2.24) is 0 Å². The Bertz CT molecular complexity index is 714. The summed E-state index contributed by atoms with van der Waals surface area (Å²) in [6.07, 6.45) is 0. The van der Waals surface area contributed by atoms with Crippen molar-refractivity contribution >= 4 is 47.0 Å². The highest BCUT2D eigenvalue weighted by Gasteiger charge is 2.21. The van der Waals surface area contributed by atoms with E-state index in [1.54, 1.807) is 12.1 Å². The molecule has 0 unspecified atom stereocenters. The number of piperazine rings is 1. The van der Waals surface area contributed by atoms with Crippen molar-refractivity contribution in [3.63, 3.8) is 0 Å². The minimum Gasteiger partial charge on any atom is -0.478 e. The Morgan fingerprint density at radius 1 is 1.00 bits per heavy atom. The molecule has 7 heteroatoms. The lowest BCUT2D eigenvalue weighted by molar-refractivity contribution is 0.0697. The van der Waals surface area contributed by atoms with Gasteiger partial charge in [-0.2, -0.15) is 0 Å². The molecule has 1 aliphatic rings. The number of carboxylic acids is 1. The number of aromatic carboxylic acids is 1. The van der Waals surface area contributed by atoms with Crippen molar-refractivity contribution in [2.24, 2.45) is 0 Å². The van der Waals surface area contributed by atoms with E-state index in [1.807, 2.05) is 24.3 Å². The third kappa shape index (κ3) is 3.86. The van der Waals surface area contributed by atoms with Gasteiger partial charge in [0, 0.05) is 42.6 Å². The minimum atomic E-state index is -0.951. The van der Waals surface area contributed by atoms with E-state index >= 15 is 0 Å². The van der Waals surface area contributed by atoms with E-state index < -0.39 is 5.97 Å². The molecule has 0 aromatic heterocycles. The van der Waals surface area contributed by atoms with Crippen LogP contribution in [0.1, 0.15) is 10.4 Å². The van der Waals surface area contributed by atoms with E-state index in [-0.39, 0.29) is 18.0 Å². The maximum Gasteiger partial charge on any atom is 0.337 e. The number of nitrogens with two attached hydrogens (primary N) is 1. The van der Waals surface area contributed by atoms with Gasteiger partial charge in [-0.15, -0.1) is 12.4 Å². The lowest BCUT2D eigenvalue weighted by Gasteiger charge is -2.38. The molecule has 0 spiro atoms. The van der Waals surface area contributed by atoms with Crippen molar-refractivity contribution in [3.05, 3.63) is 53.1 Å². The molecule has 128 valence electrons. The molecule has 2 aromatic carbocycles. The van der Waals surface area contributed by atoms with E-state index in [0.29, 0.717) is 5.69 Å². The van der Waals surface area contributed by atoms with Gasteiger partial charge < -0.3 is 20.6 Å². The molecular weight excluding hydrogens is 349 g/mol. The molecule has 3 N–H and O–H groups in total. The molecule has 24 heavy (non-hydrogen) atoms. The van der Waals surface area contributed by atoms with Gasteiger partial charge in [-0.1, -0.05) is 11.6 Å². The second kappa shape index (κ2) is 7.64. The highest BCUT2D eigenvalue weighted by molar-refractivity contribution is 6.30. The zero-order chi connectivity index (χ0) is 16.4. The van der Waals surface area contributed by atoms with Crippen molar-refractivity contribution in [3.8, 4) is 0 Å². The number of nitrogen functional groups attached to an aromatic ring is 1. The first-order valence-corrected chi connectivity index (χ1v) is 7.80. The number of hydrogen-bond acceptors (Lipinski definition) is 4. The quantitative estimate of drug-likeness (QED) is 0.813. The fourth-order valence-corrected chi connectivity index (χ4v) is 2.98. The Balaban J connectivity index is 0.00000208. The molecule has 5 nitrogen and oxygen atoms in total. The van der Waals surface area contributed by atoms with E-state index in [2.05, 4.69) is 9.80 Å². The fourth-order valence-electron chi connectivity index (χ4n) is 2.86. The van der Waals surface area contributed by atoms with E-state index in [9.17, 15) is 9.90 Å². The smallest absolute Gasteiger partial charge is 0.337 e. The molecule has 0 saturated carbocycles. The lowest BCUT2D eigenvalue weighted by atomic mass is 10.1. The number of hydrogen-bond donors (Lipinski definition) is 2. The van der Waals surface area contributed by atoms with Gasteiger partial charge in [-0.05, 0) is 42.5 Å². The molecule has 0 bridgehead atoms. The van der Waals surface area contributed by atoms with Crippen LogP contribution in [0.5, 0.6) is 0 Å². The summed E-state index contributed by atoms with van der Waals surface area (Å²) in [5, 5.41) is 10.1. The summed E-state index contributed by atoms with van der Waals surface area (Å²) in [5.41, 5.74) is 8.28. The van der Waals surface area contributed by atoms with Crippen molar-refractivity contribution in [1.29, 1.82) is 0 Å². The van der Waals surface area contributed by atoms with Gasteiger partial charge in [-0.3, -0.25) is 0 Å². The van der Waals surface area contributed by atoms with E-state index in [4.69, 9.17) is 17.3 Å². The molecule has 1 aliphatic heterocycles. The van der Waals surface area contributed by atoms with Crippen LogP contribution in [-0.4, -0.2) is 37.3 Å². The number of anilines is 3. The largest absolute Gasteiger partial charge is 0.478 e. The van der Waals surface area contributed by atoms with Crippen LogP contribution < -0.4 is 15.5 Å². The molecule has 3 rings (SSSR count). The second-order valence-corrected chi connectivity index (χ2v) is 5.97. The highest BCUT2D eigenvalue weighted by atomic mass is 35.5. The average molecular weight is 368 g/mol. The van der Waals surface area contributed by atoms with Gasteiger partial charge in [-0.25, -0.2) is 4.79 Å². The van der Waals surface area contributed by atoms with Crippen LogP contribution in [-0.2, 0) is 0 Å². The van der Waals surface area contributed by atoms with Crippen LogP contribution in [0.15, 0.2) is 42.5 Å². The second-order valence-electron chi connectivity index (χ2n) is 5.53. The third-order valence-electron chi connectivity index (χ3n) is 4.06. The fraction of sp³-hybridized carbons (Fsp3) is 0.235. The molecule has 0 atom stereocenters. The molecule has 1 saturated heterocycles. The summed E-state index contributed by atoms with van der Waals surface area (Å²) in [6, 6.07) is 12.8. The van der Waals surface area contributed by atoms with Gasteiger partial charge in [0.2, 0.25) is 0 Å². The zero-order valence-corrected chi connectivity index (χ0v) is 14.6. The predicted molar refractivity (Wildman–Crippen MR) is 101 cm³/mol. The van der Waals surface area contributed by atoms with Gasteiger partial charge in [0.05, 0.1) is 11.3 Å². The SMILES string of the molecule is Cl.Nc1ccc(N2CCN(c3ccc(Cl)cc3)CC2)c(C(=O)O)c1. The van der Waals surface area contributed by atoms with Gasteiger partial charge >= 0.3 is 5.97 Å². The molecule has 1 fully saturated rings. The number of nitrogens with zero attached hydrogens (tertiary/aromatic N) is 2. The summed E-state index contributed by atoms with van der Waals surface area (Å²) in [4.78, 5) is 15.8. The monoisotopic (exact) mass is 367 g/mol. The normalized spacial score (nSPS) is 14.2. The van der Waals surface area contributed by atoms with Crippen LogP contribution in [0.3, 0.4) is 0 Å². The molecule has 0 amide bonds. The molecule has 0 radical (unpaired) electrons. The minimum absolute atomic E-state index is 0. The summed E-state index contributed by atoms with van der Waals surface area (Å²) >= 11 is 5.92. The summed E-state index contributed by atoms with van der Waals surface area (Å²) in [5.74, 6) is -0.951. The first kappa shape index (κ1) is 18.2. The maximum absolute atomic E-state index is 11.4. The van der Waals surface area contributed by atoms with Crippen molar-refractivity contribution < 1.29 is 9.90 Å². The van der Waals surface area contributed by atoms with Crippen molar-refractivity contribution in [2.75, 3.05) is 41.7 Å². The highest BCUT2D eigenvalue weighted by Crippen LogP contribution is 2.26. The summed E-state index contributed by atoms with van der Waals surface area (Å²) < 4.78 is 0. The molecule has 2 aromatic rings.